The van der Waals surface area contributed by atoms with Crippen molar-refractivity contribution in [2.75, 3.05) is 20.3 Å². The van der Waals surface area contributed by atoms with Crippen LogP contribution in [0.15, 0.2) is 48.5 Å². The van der Waals surface area contributed by atoms with Gasteiger partial charge in [-0.2, -0.15) is 0 Å². The molecule has 24 heavy (non-hydrogen) atoms. The summed E-state index contributed by atoms with van der Waals surface area (Å²) in [4.78, 5) is 12.0. The molecule has 0 spiro atoms. The van der Waals surface area contributed by atoms with Gasteiger partial charge in [0.25, 0.3) is 5.91 Å². The van der Waals surface area contributed by atoms with E-state index in [9.17, 15) is 4.79 Å². The fourth-order valence-electron chi connectivity index (χ4n) is 2.28. The van der Waals surface area contributed by atoms with Gasteiger partial charge in [-0.1, -0.05) is 35.9 Å². The Kier molecular flexibility index (Phi) is 6.23. The van der Waals surface area contributed by atoms with E-state index in [1.165, 1.54) is 0 Å². The van der Waals surface area contributed by atoms with Crippen molar-refractivity contribution in [2.45, 2.75) is 19.4 Å². The van der Waals surface area contributed by atoms with Gasteiger partial charge in [-0.15, -0.1) is 0 Å². The molecule has 0 heterocycles. The standard InChI is InChI=1S/C19H22ClNO3/c1-14-6-4-9-17(10-14)24-12-18(22)21-13-19(2,23-3)15-7-5-8-16(20)11-15/h4-11H,12-13H2,1-3H3,(H,21,22). The second-order valence-corrected chi connectivity index (χ2v) is 6.26. The molecule has 128 valence electrons. The van der Waals surface area contributed by atoms with Gasteiger partial charge in [-0.25, -0.2) is 0 Å². The molecule has 1 unspecified atom stereocenters. The molecule has 1 atom stereocenters. The molecule has 1 amide bonds. The molecule has 0 aliphatic heterocycles. The molecule has 0 saturated heterocycles. The molecule has 1 N–H and O–H groups in total. The predicted molar refractivity (Wildman–Crippen MR) is 95.5 cm³/mol. The first-order chi connectivity index (χ1) is 11.4. The van der Waals surface area contributed by atoms with Crippen LogP contribution in [0.25, 0.3) is 0 Å². The fraction of sp³-hybridized carbons (Fsp3) is 0.316. The van der Waals surface area contributed by atoms with E-state index in [0.717, 1.165) is 11.1 Å². The molecule has 0 aromatic heterocycles. The number of hydrogen-bond donors (Lipinski definition) is 1. The van der Waals surface area contributed by atoms with Crippen molar-refractivity contribution < 1.29 is 14.3 Å². The minimum Gasteiger partial charge on any atom is -0.484 e. The van der Waals surface area contributed by atoms with Gasteiger partial charge < -0.3 is 14.8 Å². The lowest BCUT2D eigenvalue weighted by Gasteiger charge is -2.29. The highest BCUT2D eigenvalue weighted by molar-refractivity contribution is 6.30. The summed E-state index contributed by atoms with van der Waals surface area (Å²) in [5, 5.41) is 3.47. The molecule has 4 nitrogen and oxygen atoms in total. The monoisotopic (exact) mass is 347 g/mol. The lowest BCUT2D eigenvalue weighted by Crippen LogP contribution is -2.41. The highest BCUT2D eigenvalue weighted by Gasteiger charge is 2.27. The maximum atomic E-state index is 12.0. The summed E-state index contributed by atoms with van der Waals surface area (Å²) in [5.74, 6) is 0.469. The summed E-state index contributed by atoms with van der Waals surface area (Å²) < 4.78 is 11.1. The maximum absolute atomic E-state index is 12.0. The molecule has 2 rings (SSSR count). The maximum Gasteiger partial charge on any atom is 0.258 e. The van der Waals surface area contributed by atoms with Crippen molar-refractivity contribution in [3.63, 3.8) is 0 Å². The SMILES string of the molecule is COC(C)(CNC(=O)COc1cccc(C)c1)c1cccc(Cl)c1. The van der Waals surface area contributed by atoms with E-state index < -0.39 is 5.60 Å². The second kappa shape index (κ2) is 8.18. The van der Waals surface area contributed by atoms with Gasteiger partial charge in [0.2, 0.25) is 0 Å². The first-order valence-corrected chi connectivity index (χ1v) is 8.08. The van der Waals surface area contributed by atoms with Crippen LogP contribution in [0.2, 0.25) is 5.02 Å². The third kappa shape index (κ3) is 4.98. The Morgan fingerprint density at radius 3 is 2.62 bits per heavy atom. The minimum atomic E-state index is -0.663. The number of carbonyl (C=O) groups excluding carboxylic acids is 1. The normalized spacial score (nSPS) is 13.2. The highest BCUT2D eigenvalue weighted by atomic mass is 35.5. The first kappa shape index (κ1) is 18.3. The van der Waals surface area contributed by atoms with Gasteiger partial charge in [0, 0.05) is 12.1 Å². The van der Waals surface area contributed by atoms with Crippen LogP contribution in [-0.4, -0.2) is 26.2 Å². The summed E-state index contributed by atoms with van der Waals surface area (Å²) in [6.07, 6.45) is 0. The van der Waals surface area contributed by atoms with Crippen molar-refractivity contribution in [3.8, 4) is 5.75 Å². The average molecular weight is 348 g/mol. The number of aryl methyl sites for hydroxylation is 1. The number of benzene rings is 2. The van der Waals surface area contributed by atoms with E-state index in [2.05, 4.69) is 5.32 Å². The Labute approximate surface area is 147 Å². The van der Waals surface area contributed by atoms with Crippen LogP contribution in [0.1, 0.15) is 18.1 Å². The summed E-state index contributed by atoms with van der Waals surface area (Å²) in [6, 6.07) is 15.0. The zero-order valence-electron chi connectivity index (χ0n) is 14.1. The topological polar surface area (TPSA) is 47.6 Å². The molecule has 0 radical (unpaired) electrons. The van der Waals surface area contributed by atoms with Gasteiger partial charge in [-0.05, 0) is 49.2 Å². The number of amides is 1. The molecule has 2 aromatic carbocycles. The van der Waals surface area contributed by atoms with E-state index in [0.29, 0.717) is 17.3 Å². The molecule has 5 heteroatoms. The Morgan fingerprint density at radius 2 is 1.96 bits per heavy atom. The largest absolute Gasteiger partial charge is 0.484 e. The Morgan fingerprint density at radius 1 is 1.21 bits per heavy atom. The van der Waals surface area contributed by atoms with Gasteiger partial charge in [0.05, 0.1) is 6.54 Å². The third-order valence-corrected chi connectivity index (χ3v) is 4.10. The number of ether oxygens (including phenoxy) is 2. The van der Waals surface area contributed by atoms with Crippen LogP contribution in [0, 0.1) is 6.92 Å². The van der Waals surface area contributed by atoms with Crippen LogP contribution in [0.5, 0.6) is 5.75 Å². The number of carbonyl (C=O) groups is 1. The van der Waals surface area contributed by atoms with Crippen molar-refractivity contribution in [1.29, 1.82) is 0 Å². The van der Waals surface area contributed by atoms with E-state index >= 15 is 0 Å². The molecule has 0 saturated carbocycles. The van der Waals surface area contributed by atoms with Gasteiger partial charge in [-0.3, -0.25) is 4.79 Å². The number of hydrogen-bond acceptors (Lipinski definition) is 3. The van der Waals surface area contributed by atoms with E-state index in [-0.39, 0.29) is 12.5 Å². The van der Waals surface area contributed by atoms with Crippen LogP contribution in [0.3, 0.4) is 0 Å². The van der Waals surface area contributed by atoms with Crippen molar-refractivity contribution >= 4 is 17.5 Å². The molecule has 0 aliphatic rings. The smallest absolute Gasteiger partial charge is 0.258 e. The lowest BCUT2D eigenvalue weighted by atomic mass is 9.95. The average Bonchev–Trinajstić information content (AvgIpc) is 2.58. The highest BCUT2D eigenvalue weighted by Crippen LogP contribution is 2.26. The van der Waals surface area contributed by atoms with E-state index in [4.69, 9.17) is 21.1 Å². The molecule has 0 fully saturated rings. The van der Waals surface area contributed by atoms with Crippen molar-refractivity contribution in [1.82, 2.24) is 5.32 Å². The zero-order valence-corrected chi connectivity index (χ0v) is 14.9. The predicted octanol–water partition coefficient (Wildman–Crippen LogP) is 3.71. The lowest BCUT2D eigenvalue weighted by molar-refractivity contribution is -0.124. The summed E-state index contributed by atoms with van der Waals surface area (Å²) in [6.45, 7) is 4.15. The molecule has 0 aliphatic carbocycles. The fourth-order valence-corrected chi connectivity index (χ4v) is 2.47. The van der Waals surface area contributed by atoms with Crippen molar-refractivity contribution in [2.24, 2.45) is 0 Å². The van der Waals surface area contributed by atoms with Crippen LogP contribution >= 0.6 is 11.6 Å². The molecular weight excluding hydrogens is 326 g/mol. The van der Waals surface area contributed by atoms with Crippen molar-refractivity contribution in [3.05, 3.63) is 64.7 Å². The minimum absolute atomic E-state index is 0.0429. The van der Waals surface area contributed by atoms with Crippen LogP contribution in [-0.2, 0) is 15.1 Å². The number of rotatable bonds is 7. The van der Waals surface area contributed by atoms with Gasteiger partial charge in [0.1, 0.15) is 11.4 Å². The summed E-state index contributed by atoms with van der Waals surface area (Å²) in [5.41, 5.74) is 1.32. The Balaban J connectivity index is 1.91. The summed E-state index contributed by atoms with van der Waals surface area (Å²) >= 11 is 6.04. The Hall–Kier alpha value is -2.04. The molecule has 2 aromatic rings. The second-order valence-electron chi connectivity index (χ2n) is 5.83. The van der Waals surface area contributed by atoms with Gasteiger partial charge in [0.15, 0.2) is 6.61 Å². The third-order valence-electron chi connectivity index (χ3n) is 3.87. The quantitative estimate of drug-likeness (QED) is 0.830. The van der Waals surface area contributed by atoms with Crippen LogP contribution in [0.4, 0.5) is 0 Å². The van der Waals surface area contributed by atoms with E-state index in [1.54, 1.807) is 13.2 Å². The summed E-state index contributed by atoms with van der Waals surface area (Å²) in [7, 11) is 1.61. The first-order valence-electron chi connectivity index (χ1n) is 7.70. The van der Waals surface area contributed by atoms with E-state index in [1.807, 2.05) is 56.3 Å². The van der Waals surface area contributed by atoms with Crippen LogP contribution < -0.4 is 10.1 Å². The molecule has 0 bridgehead atoms. The zero-order chi connectivity index (χ0) is 17.6. The number of halogens is 1. The number of nitrogens with one attached hydrogen (secondary N) is 1. The van der Waals surface area contributed by atoms with Gasteiger partial charge >= 0.3 is 0 Å². The molecular formula is C19H22ClNO3. The number of methoxy groups -OCH3 is 1. The Bertz CT molecular complexity index is 705.